The van der Waals surface area contributed by atoms with Crippen LogP contribution in [0.4, 0.5) is 34.1 Å². The summed E-state index contributed by atoms with van der Waals surface area (Å²) < 4.78 is 4.63. The van der Waals surface area contributed by atoms with E-state index in [2.05, 4.69) is 316 Å². The third-order valence-corrected chi connectivity index (χ3v) is 16.5. The molecular weight excluding hydrogens is 959 g/mol. The molecule has 0 unspecified atom stereocenters. The Hall–Kier alpha value is -10.5. The van der Waals surface area contributed by atoms with Gasteiger partial charge in [-0.1, -0.05) is 194 Å². The smallest absolute Gasteiger partial charge is 0.220 e. The van der Waals surface area contributed by atoms with Gasteiger partial charge in [0.25, 0.3) is 0 Å². The highest BCUT2D eigenvalue weighted by Crippen LogP contribution is 2.63. The Kier molecular flexibility index (Phi) is 10.1. The van der Waals surface area contributed by atoms with Gasteiger partial charge < -0.3 is 9.80 Å². The second-order valence-corrected chi connectivity index (χ2v) is 20.7. The minimum Gasteiger partial charge on any atom is -0.310 e. The van der Waals surface area contributed by atoms with Gasteiger partial charge in [-0.25, -0.2) is 4.98 Å². The number of anilines is 6. The number of hydrogen-bond acceptors (Lipinski definition) is 3. The molecule has 5 heteroatoms. The van der Waals surface area contributed by atoms with Gasteiger partial charge in [0, 0.05) is 39.8 Å². The lowest BCUT2D eigenvalue weighted by molar-refractivity contribution is 0.793. The van der Waals surface area contributed by atoms with E-state index in [9.17, 15) is 0 Å². The summed E-state index contributed by atoms with van der Waals surface area (Å²) in [5.41, 5.74) is 26.3. The number of rotatable bonds is 9. The lowest BCUT2D eigenvalue weighted by Gasteiger charge is -2.32. The molecule has 0 bridgehead atoms. The van der Waals surface area contributed by atoms with E-state index in [4.69, 9.17) is 4.98 Å². The Balaban J connectivity index is 0.850. The van der Waals surface area contributed by atoms with E-state index in [0.29, 0.717) is 0 Å². The first kappa shape index (κ1) is 44.8. The zero-order chi connectivity index (χ0) is 52.0. The molecule has 2 heterocycles. The summed E-state index contributed by atoms with van der Waals surface area (Å²) in [6, 6.07) is 108. The van der Waals surface area contributed by atoms with Crippen molar-refractivity contribution in [2.24, 2.45) is 0 Å². The van der Waals surface area contributed by atoms with Crippen molar-refractivity contribution in [3.63, 3.8) is 0 Å². The molecule has 0 aliphatic heterocycles. The number of fused-ring (bicyclic) bond motifs is 15. The second kappa shape index (κ2) is 17.8. The fourth-order valence-electron chi connectivity index (χ4n) is 13.1. The van der Waals surface area contributed by atoms with Gasteiger partial charge in [-0.3, -0.25) is 8.97 Å². The van der Waals surface area contributed by atoms with Crippen molar-refractivity contribution in [2.75, 3.05) is 9.80 Å². The summed E-state index contributed by atoms with van der Waals surface area (Å²) >= 11 is 0. The SMILES string of the molecule is c1ccc(-c2ccc(N(c3ccc(-c4ccc5c(c4)n4c6cc(N(c7ccccc7)c7ccccc7)ccc6nc4n5-c4ccccc4)cc3)c3ccc4c(c3)C3(c5ccccc5-c5ccccc53)c3ccccc3-4)cc2)cc1. The quantitative estimate of drug-likeness (QED) is 0.144. The minimum atomic E-state index is -0.462. The van der Waals surface area contributed by atoms with Crippen LogP contribution in [0.25, 0.3) is 78.0 Å². The van der Waals surface area contributed by atoms with Gasteiger partial charge in [-0.2, -0.15) is 0 Å². The first-order valence-electron chi connectivity index (χ1n) is 27.1. The lowest BCUT2D eigenvalue weighted by atomic mass is 9.70. The van der Waals surface area contributed by atoms with E-state index in [1.54, 1.807) is 0 Å². The van der Waals surface area contributed by atoms with E-state index in [1.165, 1.54) is 55.6 Å². The molecule has 0 atom stereocenters. The minimum absolute atomic E-state index is 0.462. The van der Waals surface area contributed by atoms with Gasteiger partial charge in [0.1, 0.15) is 0 Å². The highest BCUT2D eigenvalue weighted by atomic mass is 15.2. The third kappa shape index (κ3) is 6.86. The van der Waals surface area contributed by atoms with Gasteiger partial charge in [0.15, 0.2) is 0 Å². The van der Waals surface area contributed by atoms with Crippen LogP contribution in [0.1, 0.15) is 22.3 Å². The van der Waals surface area contributed by atoms with Crippen LogP contribution in [0.15, 0.2) is 297 Å². The molecule has 79 heavy (non-hydrogen) atoms. The fraction of sp³-hybridized carbons (Fsp3) is 0.0135. The maximum atomic E-state index is 5.37. The standard InChI is InChI=1S/C74H49N5/c1-5-19-50(20-6-1)51-33-38-57(39-34-51)77(59-42-44-64-63-29-15-18-32-67(63)74(68(64)48-59)65-30-16-13-27-61(65)62-28-14-17-31-66(62)74)58-40-35-52(36-41-58)53-37-46-70-72(47-53)79-71-49-60(76(54-21-7-2-8-22-54)55-23-9-3-10-24-55)43-45-69(71)75-73(79)78(70)56-25-11-4-12-26-56/h1-49H. The molecule has 370 valence electrons. The van der Waals surface area contributed by atoms with Crippen LogP contribution in [-0.4, -0.2) is 14.0 Å². The molecule has 12 aromatic carbocycles. The molecule has 5 nitrogen and oxygen atoms in total. The molecule has 2 aliphatic rings. The topological polar surface area (TPSA) is 28.7 Å². The van der Waals surface area contributed by atoms with Crippen LogP contribution in [0.2, 0.25) is 0 Å². The lowest BCUT2D eigenvalue weighted by Crippen LogP contribution is -2.26. The molecule has 0 radical (unpaired) electrons. The highest BCUT2D eigenvalue weighted by Gasteiger charge is 2.51. The van der Waals surface area contributed by atoms with Crippen LogP contribution < -0.4 is 9.80 Å². The summed E-state index contributed by atoms with van der Waals surface area (Å²) in [5.74, 6) is 0.865. The van der Waals surface area contributed by atoms with Gasteiger partial charge in [0.2, 0.25) is 5.78 Å². The van der Waals surface area contributed by atoms with Crippen LogP contribution in [0.3, 0.4) is 0 Å². The summed E-state index contributed by atoms with van der Waals surface area (Å²) in [6.07, 6.45) is 0. The van der Waals surface area contributed by atoms with Crippen LogP contribution in [-0.2, 0) is 5.41 Å². The van der Waals surface area contributed by atoms with Crippen molar-refractivity contribution >= 4 is 62.0 Å². The highest BCUT2D eigenvalue weighted by molar-refractivity contribution is 5.98. The van der Waals surface area contributed by atoms with Crippen molar-refractivity contribution in [1.29, 1.82) is 0 Å². The summed E-state index contributed by atoms with van der Waals surface area (Å²) in [7, 11) is 0. The maximum absolute atomic E-state index is 5.37. The molecular formula is C74H49N5. The number of aromatic nitrogens is 3. The van der Waals surface area contributed by atoms with E-state index >= 15 is 0 Å². The van der Waals surface area contributed by atoms with E-state index in [-0.39, 0.29) is 0 Å². The van der Waals surface area contributed by atoms with Crippen LogP contribution >= 0.6 is 0 Å². The largest absolute Gasteiger partial charge is 0.310 e. The second-order valence-electron chi connectivity index (χ2n) is 20.7. The molecule has 2 aromatic heterocycles. The molecule has 2 aliphatic carbocycles. The maximum Gasteiger partial charge on any atom is 0.220 e. The average Bonchev–Trinajstić information content (AvgIpc) is 4.05. The Bertz CT molecular complexity index is 4540. The third-order valence-electron chi connectivity index (χ3n) is 16.5. The van der Waals surface area contributed by atoms with Crippen LogP contribution in [0, 0.1) is 0 Å². The number of hydrogen-bond donors (Lipinski definition) is 0. The first-order chi connectivity index (χ1) is 39.2. The monoisotopic (exact) mass is 1010 g/mol. The Morgan fingerprint density at radius 1 is 0.278 bits per heavy atom. The average molecular weight is 1010 g/mol. The Morgan fingerprint density at radius 2 is 0.696 bits per heavy atom. The van der Waals surface area contributed by atoms with Gasteiger partial charge >= 0.3 is 0 Å². The van der Waals surface area contributed by atoms with Gasteiger partial charge in [-0.05, 0) is 170 Å². The molecule has 14 aromatic rings. The van der Waals surface area contributed by atoms with Crippen molar-refractivity contribution in [1.82, 2.24) is 14.0 Å². The van der Waals surface area contributed by atoms with Gasteiger partial charge in [-0.15, -0.1) is 0 Å². The van der Waals surface area contributed by atoms with E-state index in [0.717, 1.165) is 78.8 Å². The molecule has 0 fully saturated rings. The van der Waals surface area contributed by atoms with Crippen LogP contribution in [0.5, 0.6) is 0 Å². The summed E-state index contributed by atoms with van der Waals surface area (Å²) in [5, 5.41) is 0. The van der Waals surface area contributed by atoms with Crippen molar-refractivity contribution in [2.45, 2.75) is 5.41 Å². The normalized spacial score (nSPS) is 12.7. The summed E-state index contributed by atoms with van der Waals surface area (Å²) in [4.78, 5) is 10.1. The van der Waals surface area contributed by atoms with E-state index in [1.807, 2.05) is 0 Å². The zero-order valence-corrected chi connectivity index (χ0v) is 43.0. The van der Waals surface area contributed by atoms with Gasteiger partial charge in [0.05, 0.1) is 27.5 Å². The number of imidazole rings is 2. The fourth-order valence-corrected chi connectivity index (χ4v) is 13.1. The molecule has 0 amide bonds. The Morgan fingerprint density at radius 3 is 1.27 bits per heavy atom. The molecule has 0 saturated heterocycles. The first-order valence-corrected chi connectivity index (χ1v) is 27.1. The summed E-state index contributed by atoms with van der Waals surface area (Å²) in [6.45, 7) is 0. The molecule has 16 rings (SSSR count). The van der Waals surface area contributed by atoms with E-state index < -0.39 is 5.41 Å². The number of para-hydroxylation sites is 3. The predicted molar refractivity (Wildman–Crippen MR) is 326 cm³/mol. The molecule has 0 saturated carbocycles. The molecule has 0 N–H and O–H groups in total. The predicted octanol–water partition coefficient (Wildman–Crippen LogP) is 19.0. The number of benzene rings is 12. The zero-order valence-electron chi connectivity index (χ0n) is 43.0. The number of nitrogens with zero attached hydrogens (tertiary/aromatic N) is 5. The van der Waals surface area contributed by atoms with Crippen molar-refractivity contribution in [3.8, 4) is 50.2 Å². The van der Waals surface area contributed by atoms with Crippen molar-refractivity contribution in [3.05, 3.63) is 320 Å². The molecule has 1 spiro atoms. The Labute approximate surface area is 458 Å². The van der Waals surface area contributed by atoms with Crippen molar-refractivity contribution < 1.29 is 0 Å².